The average molecular weight is 344 g/mol. The standard InChI is InChI=1S/C19H24N2O4/c1-10-13-6-7-14(23-2)18(24-3)17(13)25-16(10)19(22)21-8-11-4-5-12(9-21)15(11)20/h6-7,11-12,15H,4-5,8-9,20H2,1-3H3/t11-,12+,15?. The van der Waals surface area contributed by atoms with E-state index in [1.165, 1.54) is 0 Å². The van der Waals surface area contributed by atoms with E-state index in [2.05, 4.69) is 0 Å². The monoisotopic (exact) mass is 344 g/mol. The van der Waals surface area contributed by atoms with Gasteiger partial charge in [0.15, 0.2) is 17.1 Å². The average Bonchev–Trinajstić information content (AvgIpc) is 3.03. The van der Waals surface area contributed by atoms with Crippen molar-refractivity contribution < 1.29 is 18.7 Å². The molecule has 0 radical (unpaired) electrons. The Bertz CT molecular complexity index is 814. The smallest absolute Gasteiger partial charge is 0.289 e. The minimum absolute atomic E-state index is 0.0569. The highest BCUT2D eigenvalue weighted by atomic mass is 16.5. The van der Waals surface area contributed by atoms with Crippen LogP contribution in [0.2, 0.25) is 0 Å². The first-order valence-corrected chi connectivity index (χ1v) is 8.74. The number of methoxy groups -OCH3 is 2. The van der Waals surface area contributed by atoms with E-state index in [1.807, 2.05) is 24.0 Å². The Hall–Kier alpha value is -2.21. The molecule has 25 heavy (non-hydrogen) atoms. The van der Waals surface area contributed by atoms with Crippen LogP contribution in [-0.4, -0.2) is 44.2 Å². The molecule has 1 unspecified atom stereocenters. The van der Waals surface area contributed by atoms with Crippen molar-refractivity contribution in [1.29, 1.82) is 0 Å². The third kappa shape index (κ3) is 2.39. The molecular formula is C19H24N2O4. The molecule has 134 valence electrons. The third-order valence-electron chi connectivity index (χ3n) is 5.84. The van der Waals surface area contributed by atoms with Crippen LogP contribution in [0.4, 0.5) is 0 Å². The summed E-state index contributed by atoms with van der Waals surface area (Å²) >= 11 is 0. The number of ether oxygens (including phenoxy) is 2. The summed E-state index contributed by atoms with van der Waals surface area (Å²) in [6, 6.07) is 3.96. The van der Waals surface area contributed by atoms with Gasteiger partial charge < -0.3 is 24.5 Å². The van der Waals surface area contributed by atoms with Crippen LogP contribution in [0.1, 0.15) is 29.0 Å². The summed E-state index contributed by atoms with van der Waals surface area (Å²) in [4.78, 5) is 15.0. The van der Waals surface area contributed by atoms with Gasteiger partial charge in [0.1, 0.15) is 0 Å². The largest absolute Gasteiger partial charge is 0.493 e. The second-order valence-corrected chi connectivity index (χ2v) is 7.12. The topological polar surface area (TPSA) is 77.9 Å². The number of rotatable bonds is 3. The van der Waals surface area contributed by atoms with Gasteiger partial charge in [-0.3, -0.25) is 4.79 Å². The Kier molecular flexibility index (Phi) is 3.87. The van der Waals surface area contributed by atoms with Gasteiger partial charge in [0.2, 0.25) is 5.75 Å². The number of furan rings is 1. The fourth-order valence-corrected chi connectivity index (χ4v) is 4.37. The van der Waals surface area contributed by atoms with Crippen LogP contribution < -0.4 is 15.2 Å². The van der Waals surface area contributed by atoms with E-state index in [9.17, 15) is 4.79 Å². The third-order valence-corrected chi connectivity index (χ3v) is 5.84. The molecule has 1 aliphatic carbocycles. The summed E-state index contributed by atoms with van der Waals surface area (Å²) in [5.74, 6) is 2.24. The van der Waals surface area contributed by atoms with Crippen molar-refractivity contribution in [1.82, 2.24) is 4.90 Å². The molecule has 1 aromatic carbocycles. The lowest BCUT2D eigenvalue weighted by atomic mass is 9.93. The van der Waals surface area contributed by atoms with Crippen LogP contribution in [0, 0.1) is 18.8 Å². The van der Waals surface area contributed by atoms with Crippen molar-refractivity contribution in [2.24, 2.45) is 17.6 Å². The zero-order valence-electron chi connectivity index (χ0n) is 14.9. The first-order chi connectivity index (χ1) is 12.0. The number of nitrogens with two attached hydrogens (primary N) is 1. The molecule has 2 aliphatic rings. The molecule has 6 nitrogen and oxygen atoms in total. The SMILES string of the molecule is COc1ccc2c(C)c(C(=O)N3C[C@H]4CC[C@@H](C3)C4N)oc2c1OC. The first-order valence-electron chi connectivity index (χ1n) is 8.74. The number of hydrogen-bond acceptors (Lipinski definition) is 5. The summed E-state index contributed by atoms with van der Waals surface area (Å²) in [5.41, 5.74) is 7.65. The van der Waals surface area contributed by atoms with Crippen molar-refractivity contribution in [2.45, 2.75) is 25.8 Å². The number of fused-ring (bicyclic) bond motifs is 3. The Balaban J connectivity index is 1.72. The summed E-state index contributed by atoms with van der Waals surface area (Å²) < 4.78 is 16.7. The highest BCUT2D eigenvalue weighted by molar-refractivity contribution is 6.01. The predicted octanol–water partition coefficient (Wildman–Crippen LogP) is 2.57. The van der Waals surface area contributed by atoms with Crippen LogP contribution in [0.25, 0.3) is 11.0 Å². The molecule has 2 heterocycles. The molecule has 1 saturated carbocycles. The first kappa shape index (κ1) is 16.3. The quantitative estimate of drug-likeness (QED) is 0.926. The zero-order chi connectivity index (χ0) is 17.7. The second kappa shape index (κ2) is 5.95. The normalized spacial score (nSPS) is 25.4. The summed E-state index contributed by atoms with van der Waals surface area (Å²) in [5, 5.41) is 0.873. The van der Waals surface area contributed by atoms with Crippen molar-refractivity contribution in [3.05, 3.63) is 23.5 Å². The zero-order valence-corrected chi connectivity index (χ0v) is 14.9. The van der Waals surface area contributed by atoms with E-state index in [0.29, 0.717) is 47.8 Å². The van der Waals surface area contributed by atoms with Crippen molar-refractivity contribution >= 4 is 16.9 Å². The van der Waals surface area contributed by atoms with Gasteiger partial charge >= 0.3 is 0 Å². The van der Waals surface area contributed by atoms with E-state index in [-0.39, 0.29) is 11.9 Å². The number of piperidine rings is 1. The van der Waals surface area contributed by atoms with Crippen LogP contribution in [0.5, 0.6) is 11.5 Å². The molecule has 1 aliphatic heterocycles. The fraction of sp³-hybridized carbons (Fsp3) is 0.526. The van der Waals surface area contributed by atoms with Crippen LogP contribution >= 0.6 is 0 Å². The maximum absolute atomic E-state index is 13.1. The van der Waals surface area contributed by atoms with Gasteiger partial charge in [0, 0.05) is 30.1 Å². The lowest BCUT2D eigenvalue weighted by Crippen LogP contribution is -2.50. The molecule has 1 aromatic heterocycles. The molecule has 0 spiro atoms. The maximum Gasteiger partial charge on any atom is 0.289 e. The fourth-order valence-electron chi connectivity index (χ4n) is 4.37. The Morgan fingerprint density at radius 1 is 1.20 bits per heavy atom. The number of hydrogen-bond donors (Lipinski definition) is 1. The summed E-state index contributed by atoms with van der Waals surface area (Å²) in [7, 11) is 3.15. The Morgan fingerprint density at radius 3 is 2.48 bits per heavy atom. The maximum atomic E-state index is 13.1. The van der Waals surface area contributed by atoms with Crippen molar-refractivity contribution in [2.75, 3.05) is 27.3 Å². The van der Waals surface area contributed by atoms with Gasteiger partial charge in [0.05, 0.1) is 14.2 Å². The number of carbonyl (C=O) groups is 1. The van der Waals surface area contributed by atoms with Crippen LogP contribution in [0.3, 0.4) is 0 Å². The van der Waals surface area contributed by atoms with E-state index >= 15 is 0 Å². The molecular weight excluding hydrogens is 320 g/mol. The molecule has 2 aromatic rings. The minimum atomic E-state index is -0.0569. The van der Waals surface area contributed by atoms with E-state index in [1.54, 1.807) is 14.2 Å². The highest BCUT2D eigenvalue weighted by Gasteiger charge is 2.42. The number of aryl methyl sites for hydroxylation is 1. The Labute approximate surface area is 146 Å². The van der Waals surface area contributed by atoms with Gasteiger partial charge in [0.25, 0.3) is 5.91 Å². The second-order valence-electron chi connectivity index (χ2n) is 7.12. The van der Waals surface area contributed by atoms with E-state index in [0.717, 1.165) is 23.8 Å². The van der Waals surface area contributed by atoms with Gasteiger partial charge in [-0.2, -0.15) is 0 Å². The van der Waals surface area contributed by atoms with Crippen molar-refractivity contribution in [3.8, 4) is 11.5 Å². The lowest BCUT2D eigenvalue weighted by molar-refractivity contribution is 0.0606. The number of benzene rings is 1. The van der Waals surface area contributed by atoms with Gasteiger partial charge in [-0.25, -0.2) is 0 Å². The number of likely N-dealkylation sites (tertiary alicyclic amines) is 1. The van der Waals surface area contributed by atoms with Gasteiger partial charge in [-0.05, 0) is 43.7 Å². The minimum Gasteiger partial charge on any atom is -0.493 e. The molecule has 2 bridgehead atoms. The molecule has 4 rings (SSSR count). The lowest BCUT2D eigenvalue weighted by Gasteiger charge is -2.35. The van der Waals surface area contributed by atoms with E-state index < -0.39 is 0 Å². The highest BCUT2D eigenvalue weighted by Crippen LogP contribution is 2.41. The van der Waals surface area contributed by atoms with Gasteiger partial charge in [-0.15, -0.1) is 0 Å². The summed E-state index contributed by atoms with van der Waals surface area (Å²) in [6.45, 7) is 3.34. The number of carbonyl (C=O) groups excluding carboxylic acids is 1. The van der Waals surface area contributed by atoms with Gasteiger partial charge in [-0.1, -0.05) is 0 Å². The number of nitrogens with zero attached hydrogens (tertiary/aromatic N) is 1. The molecule has 1 amide bonds. The molecule has 2 N–H and O–H groups in total. The molecule has 2 fully saturated rings. The molecule has 3 atom stereocenters. The predicted molar refractivity (Wildman–Crippen MR) is 94.1 cm³/mol. The van der Waals surface area contributed by atoms with E-state index in [4.69, 9.17) is 19.6 Å². The molecule has 1 saturated heterocycles. The number of amides is 1. The van der Waals surface area contributed by atoms with Crippen LogP contribution in [-0.2, 0) is 0 Å². The molecule has 6 heteroatoms. The van der Waals surface area contributed by atoms with Crippen molar-refractivity contribution in [3.63, 3.8) is 0 Å². The summed E-state index contributed by atoms with van der Waals surface area (Å²) in [6.07, 6.45) is 2.22. The Morgan fingerprint density at radius 2 is 1.88 bits per heavy atom. The van der Waals surface area contributed by atoms with Crippen LogP contribution in [0.15, 0.2) is 16.5 Å².